The van der Waals surface area contributed by atoms with Crippen LogP contribution in [0.1, 0.15) is 44.0 Å². The van der Waals surface area contributed by atoms with Gasteiger partial charge in [0.2, 0.25) is 0 Å². The third-order valence-corrected chi connectivity index (χ3v) is 3.24. The first kappa shape index (κ1) is 15.4. The van der Waals surface area contributed by atoms with Crippen LogP contribution in [0.4, 0.5) is 16.2 Å². The van der Waals surface area contributed by atoms with Gasteiger partial charge in [0, 0.05) is 18.7 Å². The number of aldehydes is 1. The second-order valence-electron chi connectivity index (χ2n) is 6.22. The summed E-state index contributed by atoms with van der Waals surface area (Å²) in [6.07, 6.45) is 2.54. The molecular formula is C16H22N2O3. The molecule has 0 bridgehead atoms. The van der Waals surface area contributed by atoms with Crippen LogP contribution in [-0.4, -0.2) is 31.1 Å². The van der Waals surface area contributed by atoms with Gasteiger partial charge in [0.1, 0.15) is 11.9 Å². The minimum atomic E-state index is -0.555. The van der Waals surface area contributed by atoms with Crippen molar-refractivity contribution in [2.75, 3.05) is 23.3 Å². The number of ether oxygens (including phenoxy) is 1. The first-order chi connectivity index (χ1) is 9.89. The summed E-state index contributed by atoms with van der Waals surface area (Å²) in [5, 5.41) is 2.76. The van der Waals surface area contributed by atoms with Gasteiger partial charge in [-0.15, -0.1) is 0 Å². The van der Waals surface area contributed by atoms with Gasteiger partial charge in [-0.05, 0) is 51.8 Å². The molecule has 1 aliphatic heterocycles. The Morgan fingerprint density at radius 3 is 2.52 bits per heavy atom. The minimum Gasteiger partial charge on any atom is -0.444 e. The van der Waals surface area contributed by atoms with E-state index < -0.39 is 11.7 Å². The molecule has 0 unspecified atom stereocenters. The monoisotopic (exact) mass is 290 g/mol. The number of carbonyl (C=O) groups excluding carboxylic acids is 2. The van der Waals surface area contributed by atoms with Gasteiger partial charge in [-0.3, -0.25) is 10.1 Å². The van der Waals surface area contributed by atoms with Gasteiger partial charge in [0.05, 0.1) is 11.4 Å². The molecule has 0 spiro atoms. The van der Waals surface area contributed by atoms with E-state index in [1.165, 1.54) is 0 Å². The van der Waals surface area contributed by atoms with Gasteiger partial charge in [-0.25, -0.2) is 4.79 Å². The highest BCUT2D eigenvalue weighted by Gasteiger charge is 2.20. The molecule has 1 heterocycles. The average molecular weight is 290 g/mol. The minimum absolute atomic E-state index is 0.508. The summed E-state index contributed by atoms with van der Waals surface area (Å²) in [6, 6.07) is 5.33. The third-order valence-electron chi connectivity index (χ3n) is 3.24. The number of anilines is 2. The highest BCUT2D eigenvalue weighted by molar-refractivity contribution is 5.92. The molecule has 1 saturated heterocycles. The molecule has 1 N–H and O–H groups in total. The molecule has 1 amide bonds. The van der Waals surface area contributed by atoms with Gasteiger partial charge in [0.15, 0.2) is 0 Å². The van der Waals surface area contributed by atoms with Crippen molar-refractivity contribution in [1.82, 2.24) is 0 Å². The summed E-state index contributed by atoms with van der Waals surface area (Å²) in [5.74, 6) is 0. The Labute approximate surface area is 125 Å². The fraction of sp³-hybridized carbons (Fsp3) is 0.500. The largest absolute Gasteiger partial charge is 0.444 e. The van der Waals surface area contributed by atoms with Crippen molar-refractivity contribution in [3.05, 3.63) is 23.8 Å². The summed E-state index contributed by atoms with van der Waals surface area (Å²) in [4.78, 5) is 25.1. The molecule has 0 aromatic heterocycles. The number of benzene rings is 1. The van der Waals surface area contributed by atoms with Crippen LogP contribution in [-0.2, 0) is 4.74 Å². The molecular weight excluding hydrogens is 268 g/mol. The number of nitrogens with zero attached hydrogens (tertiary/aromatic N) is 1. The lowest BCUT2D eigenvalue weighted by Crippen LogP contribution is -2.28. The molecule has 0 aliphatic carbocycles. The van der Waals surface area contributed by atoms with E-state index in [2.05, 4.69) is 10.2 Å². The molecule has 1 aromatic rings. The molecule has 21 heavy (non-hydrogen) atoms. The summed E-state index contributed by atoms with van der Waals surface area (Å²) in [7, 11) is 0. The molecule has 1 aromatic carbocycles. The van der Waals surface area contributed by atoms with Gasteiger partial charge in [0.25, 0.3) is 0 Å². The number of amides is 1. The molecule has 114 valence electrons. The van der Waals surface area contributed by atoms with Crippen LogP contribution in [0.25, 0.3) is 0 Å². The fourth-order valence-electron chi connectivity index (χ4n) is 2.37. The standard InChI is InChI=1S/C16H22N2O3/c1-16(2,3)21-15(20)17-13-10-12(11-19)6-7-14(13)18-8-4-5-9-18/h6-7,10-11H,4-5,8-9H2,1-3H3,(H,17,20). The van der Waals surface area contributed by atoms with Crippen LogP contribution in [0.15, 0.2) is 18.2 Å². The number of carbonyl (C=O) groups is 2. The molecule has 5 nitrogen and oxygen atoms in total. The van der Waals surface area contributed by atoms with E-state index in [4.69, 9.17) is 4.74 Å². The molecule has 0 radical (unpaired) electrons. The Morgan fingerprint density at radius 2 is 1.95 bits per heavy atom. The Kier molecular flexibility index (Phi) is 4.50. The van der Waals surface area contributed by atoms with Gasteiger partial charge < -0.3 is 9.64 Å². The van der Waals surface area contributed by atoms with Crippen LogP contribution >= 0.6 is 0 Å². The highest BCUT2D eigenvalue weighted by atomic mass is 16.6. The van der Waals surface area contributed by atoms with Crippen molar-refractivity contribution in [2.24, 2.45) is 0 Å². The van der Waals surface area contributed by atoms with Crippen LogP contribution in [0.2, 0.25) is 0 Å². The van der Waals surface area contributed by atoms with Crippen molar-refractivity contribution in [3.8, 4) is 0 Å². The lowest BCUT2D eigenvalue weighted by molar-refractivity contribution is 0.0635. The second kappa shape index (κ2) is 6.16. The van der Waals surface area contributed by atoms with Crippen molar-refractivity contribution in [2.45, 2.75) is 39.2 Å². The number of hydrogen-bond acceptors (Lipinski definition) is 4. The van der Waals surface area contributed by atoms with Gasteiger partial charge in [-0.1, -0.05) is 0 Å². The maximum Gasteiger partial charge on any atom is 0.412 e. The van der Waals surface area contributed by atoms with Crippen molar-refractivity contribution >= 4 is 23.8 Å². The van der Waals surface area contributed by atoms with Gasteiger partial charge in [-0.2, -0.15) is 0 Å². The van der Waals surface area contributed by atoms with Crippen LogP contribution in [0, 0.1) is 0 Å². The Bertz CT molecular complexity index is 529. The van der Waals surface area contributed by atoms with E-state index in [1.54, 1.807) is 12.1 Å². The third kappa shape index (κ3) is 4.21. The SMILES string of the molecule is CC(C)(C)OC(=O)Nc1cc(C=O)ccc1N1CCCC1. The maximum atomic E-state index is 12.0. The maximum absolute atomic E-state index is 12.0. The number of nitrogens with one attached hydrogen (secondary N) is 1. The number of hydrogen-bond donors (Lipinski definition) is 1. The van der Waals surface area contributed by atoms with Crippen molar-refractivity contribution in [3.63, 3.8) is 0 Å². The smallest absolute Gasteiger partial charge is 0.412 e. The predicted octanol–water partition coefficient (Wildman–Crippen LogP) is 3.45. The average Bonchev–Trinajstić information content (AvgIpc) is 2.90. The predicted molar refractivity (Wildman–Crippen MR) is 83.1 cm³/mol. The summed E-state index contributed by atoms with van der Waals surface area (Å²) < 4.78 is 5.28. The molecule has 0 saturated carbocycles. The summed E-state index contributed by atoms with van der Waals surface area (Å²) in [5.41, 5.74) is 1.53. The van der Waals surface area contributed by atoms with E-state index in [0.29, 0.717) is 11.3 Å². The van der Waals surface area contributed by atoms with Crippen LogP contribution in [0.5, 0.6) is 0 Å². The van der Waals surface area contributed by atoms with E-state index in [0.717, 1.165) is 37.9 Å². The van der Waals surface area contributed by atoms with E-state index in [1.807, 2.05) is 26.8 Å². The second-order valence-corrected chi connectivity index (χ2v) is 6.22. The topological polar surface area (TPSA) is 58.6 Å². The highest BCUT2D eigenvalue weighted by Crippen LogP contribution is 2.30. The first-order valence-corrected chi connectivity index (χ1v) is 7.23. The van der Waals surface area contributed by atoms with E-state index in [-0.39, 0.29) is 0 Å². The van der Waals surface area contributed by atoms with Crippen molar-refractivity contribution < 1.29 is 14.3 Å². The zero-order chi connectivity index (χ0) is 15.5. The molecule has 2 rings (SSSR count). The van der Waals surface area contributed by atoms with E-state index >= 15 is 0 Å². The summed E-state index contributed by atoms with van der Waals surface area (Å²) >= 11 is 0. The lowest BCUT2D eigenvalue weighted by atomic mass is 10.1. The normalized spacial score (nSPS) is 14.9. The Balaban J connectivity index is 2.22. The molecule has 0 atom stereocenters. The summed E-state index contributed by atoms with van der Waals surface area (Å²) in [6.45, 7) is 7.37. The molecule has 5 heteroatoms. The quantitative estimate of drug-likeness (QED) is 0.866. The lowest BCUT2D eigenvalue weighted by Gasteiger charge is -2.24. The van der Waals surface area contributed by atoms with Crippen molar-refractivity contribution in [1.29, 1.82) is 0 Å². The molecule has 1 aliphatic rings. The first-order valence-electron chi connectivity index (χ1n) is 7.23. The van der Waals surface area contributed by atoms with Gasteiger partial charge >= 0.3 is 6.09 Å². The Morgan fingerprint density at radius 1 is 1.29 bits per heavy atom. The fourth-order valence-corrected chi connectivity index (χ4v) is 2.37. The zero-order valence-corrected chi connectivity index (χ0v) is 12.8. The van der Waals surface area contributed by atoms with E-state index in [9.17, 15) is 9.59 Å². The molecule has 1 fully saturated rings. The zero-order valence-electron chi connectivity index (χ0n) is 12.8. The number of rotatable bonds is 3. The van der Waals surface area contributed by atoms with Crippen LogP contribution < -0.4 is 10.2 Å². The Hall–Kier alpha value is -2.04. The van der Waals surface area contributed by atoms with Crippen LogP contribution in [0.3, 0.4) is 0 Å².